The van der Waals surface area contributed by atoms with Gasteiger partial charge in [0.2, 0.25) is 10.0 Å². The quantitative estimate of drug-likeness (QED) is 0.710. The average Bonchev–Trinajstić information content (AvgIpc) is 2.40. The number of hydrogen-bond donors (Lipinski definition) is 2. The summed E-state index contributed by atoms with van der Waals surface area (Å²) in [6.07, 6.45) is 0. The smallest absolute Gasteiger partial charge is 0.241 e. The van der Waals surface area contributed by atoms with Gasteiger partial charge in [0.1, 0.15) is 0 Å². The largest absolute Gasteiger partial charge is 0.383 e. The molecule has 5 nitrogen and oxygen atoms in total. The van der Waals surface area contributed by atoms with Gasteiger partial charge in [-0.3, -0.25) is 0 Å². The van der Waals surface area contributed by atoms with Gasteiger partial charge in [-0.05, 0) is 36.0 Å². The molecule has 132 valence electrons. The Morgan fingerprint density at radius 3 is 2.09 bits per heavy atom. The average molecular weight is 343 g/mol. The van der Waals surface area contributed by atoms with E-state index in [4.69, 9.17) is 4.74 Å². The molecule has 1 aromatic carbocycles. The van der Waals surface area contributed by atoms with Gasteiger partial charge in [0.05, 0.1) is 11.5 Å². The second-order valence-electron chi connectivity index (χ2n) is 6.83. The first kappa shape index (κ1) is 20.1. The molecule has 0 amide bonds. The summed E-state index contributed by atoms with van der Waals surface area (Å²) in [6.45, 7) is 12.3. The molecule has 0 fully saturated rings. The zero-order valence-electron chi connectivity index (χ0n) is 15.1. The summed E-state index contributed by atoms with van der Waals surface area (Å²) in [7, 11) is -1.86. The van der Waals surface area contributed by atoms with Gasteiger partial charge in [0, 0.05) is 26.7 Å². The van der Waals surface area contributed by atoms with Crippen LogP contribution in [0.4, 0.5) is 0 Å². The molecule has 0 unspecified atom stereocenters. The third-order valence-electron chi connectivity index (χ3n) is 3.67. The van der Waals surface area contributed by atoms with Gasteiger partial charge in [-0.15, -0.1) is 0 Å². The second-order valence-corrected chi connectivity index (χ2v) is 8.53. The Morgan fingerprint density at radius 1 is 1.04 bits per heavy atom. The molecular formula is C17H30N2O3S. The van der Waals surface area contributed by atoms with Crippen molar-refractivity contribution in [2.45, 2.75) is 44.9 Å². The highest BCUT2D eigenvalue weighted by molar-refractivity contribution is 7.89. The molecule has 0 aromatic heterocycles. The van der Waals surface area contributed by atoms with Crippen molar-refractivity contribution in [3.8, 4) is 0 Å². The van der Waals surface area contributed by atoms with Crippen molar-refractivity contribution in [3.63, 3.8) is 0 Å². The van der Waals surface area contributed by atoms with E-state index in [9.17, 15) is 8.42 Å². The van der Waals surface area contributed by atoms with Crippen molar-refractivity contribution < 1.29 is 13.2 Å². The van der Waals surface area contributed by atoms with Gasteiger partial charge in [0.15, 0.2) is 0 Å². The maximum Gasteiger partial charge on any atom is 0.241 e. The van der Waals surface area contributed by atoms with Crippen molar-refractivity contribution in [2.75, 3.05) is 33.4 Å². The topological polar surface area (TPSA) is 67.4 Å². The monoisotopic (exact) mass is 342 g/mol. The van der Waals surface area contributed by atoms with Crippen molar-refractivity contribution in [1.82, 2.24) is 10.0 Å². The predicted octanol–water partition coefficient (Wildman–Crippen LogP) is 2.12. The van der Waals surface area contributed by atoms with E-state index in [1.165, 1.54) is 0 Å². The van der Waals surface area contributed by atoms with E-state index in [1.54, 1.807) is 7.11 Å². The highest BCUT2D eigenvalue weighted by atomic mass is 32.2. The van der Waals surface area contributed by atoms with Crippen molar-refractivity contribution >= 4 is 10.0 Å². The minimum absolute atomic E-state index is 0.00346. The zero-order valence-corrected chi connectivity index (χ0v) is 15.9. The molecule has 0 radical (unpaired) electrons. The number of aryl methyl sites for hydroxylation is 2. The van der Waals surface area contributed by atoms with Crippen molar-refractivity contribution in [2.24, 2.45) is 0 Å². The number of nitrogens with one attached hydrogen (secondary N) is 2. The normalized spacial score (nSPS) is 12.6. The summed E-state index contributed by atoms with van der Waals surface area (Å²) >= 11 is 0. The van der Waals surface area contributed by atoms with Gasteiger partial charge in [-0.2, -0.15) is 0 Å². The van der Waals surface area contributed by atoms with Crippen LogP contribution in [-0.2, 0) is 20.2 Å². The van der Waals surface area contributed by atoms with E-state index in [0.29, 0.717) is 31.1 Å². The number of ether oxygens (including phenoxy) is 1. The summed E-state index contributed by atoms with van der Waals surface area (Å²) in [6, 6.07) is 3.94. The Bertz CT molecular complexity index is 596. The van der Waals surface area contributed by atoms with Gasteiger partial charge >= 0.3 is 0 Å². The summed E-state index contributed by atoms with van der Waals surface area (Å²) in [5.74, 6) is 0. The Morgan fingerprint density at radius 2 is 1.61 bits per heavy atom. The van der Waals surface area contributed by atoms with Crippen LogP contribution in [0.2, 0.25) is 0 Å². The van der Waals surface area contributed by atoms with E-state index in [0.717, 1.165) is 16.7 Å². The molecule has 0 saturated heterocycles. The lowest BCUT2D eigenvalue weighted by Gasteiger charge is -2.22. The third kappa shape index (κ3) is 5.88. The van der Waals surface area contributed by atoms with Crippen LogP contribution < -0.4 is 10.0 Å². The molecule has 1 rings (SSSR count). The number of methoxy groups -OCH3 is 1. The lowest BCUT2D eigenvalue weighted by Crippen LogP contribution is -2.33. The standard InChI is InChI=1S/C17H30N2O3S/c1-13-11-15(17(3,4)5)12-14(2)16(13)23(20,21)19-8-7-18-9-10-22-6/h11-12,18-19H,7-10H2,1-6H3. The first-order valence-electron chi connectivity index (χ1n) is 7.90. The number of sulfonamides is 1. The first-order valence-corrected chi connectivity index (χ1v) is 9.39. The van der Waals surface area contributed by atoms with Crippen molar-refractivity contribution in [3.05, 3.63) is 28.8 Å². The Hall–Kier alpha value is -0.950. The van der Waals surface area contributed by atoms with Gasteiger partial charge in [-0.1, -0.05) is 32.9 Å². The Balaban J connectivity index is 2.84. The maximum atomic E-state index is 12.6. The third-order valence-corrected chi connectivity index (χ3v) is 5.44. The number of hydrogen-bond acceptors (Lipinski definition) is 4. The van der Waals surface area contributed by atoms with Crippen LogP contribution >= 0.6 is 0 Å². The predicted molar refractivity (Wildman–Crippen MR) is 94.6 cm³/mol. The molecule has 6 heteroatoms. The summed E-state index contributed by atoms with van der Waals surface area (Å²) in [5.41, 5.74) is 2.72. The molecule has 0 aliphatic rings. The molecule has 0 atom stereocenters. The molecule has 0 saturated carbocycles. The highest BCUT2D eigenvalue weighted by Gasteiger charge is 2.22. The molecule has 2 N–H and O–H groups in total. The fourth-order valence-electron chi connectivity index (χ4n) is 2.45. The number of benzene rings is 1. The van der Waals surface area contributed by atoms with E-state index in [1.807, 2.05) is 26.0 Å². The van der Waals surface area contributed by atoms with Gasteiger partial charge in [0.25, 0.3) is 0 Å². The van der Waals surface area contributed by atoms with Crippen LogP contribution in [0.3, 0.4) is 0 Å². The van der Waals surface area contributed by atoms with Gasteiger partial charge < -0.3 is 10.1 Å². The molecule has 0 spiro atoms. The van der Waals surface area contributed by atoms with Crippen LogP contribution in [0.25, 0.3) is 0 Å². The van der Waals surface area contributed by atoms with Gasteiger partial charge in [-0.25, -0.2) is 13.1 Å². The lowest BCUT2D eigenvalue weighted by molar-refractivity contribution is 0.199. The van der Waals surface area contributed by atoms with E-state index >= 15 is 0 Å². The van der Waals surface area contributed by atoms with E-state index in [-0.39, 0.29) is 5.41 Å². The molecule has 0 heterocycles. The molecule has 1 aromatic rings. The van der Waals surface area contributed by atoms with Crippen LogP contribution in [0, 0.1) is 13.8 Å². The second kappa shape index (κ2) is 8.24. The maximum absolute atomic E-state index is 12.6. The minimum Gasteiger partial charge on any atom is -0.383 e. The van der Waals surface area contributed by atoms with E-state index in [2.05, 4.69) is 30.8 Å². The SMILES string of the molecule is COCCNCCNS(=O)(=O)c1c(C)cc(C(C)(C)C)cc1C. The van der Waals surface area contributed by atoms with Crippen LogP contribution in [0.1, 0.15) is 37.5 Å². The Kier molecular flexibility index (Phi) is 7.20. The molecule has 0 bridgehead atoms. The summed E-state index contributed by atoms with van der Waals surface area (Å²) in [5, 5.41) is 3.12. The zero-order chi connectivity index (χ0) is 17.7. The van der Waals surface area contributed by atoms with Crippen molar-refractivity contribution in [1.29, 1.82) is 0 Å². The summed E-state index contributed by atoms with van der Waals surface area (Å²) in [4.78, 5) is 0.391. The molecule has 0 aliphatic carbocycles. The lowest BCUT2D eigenvalue weighted by atomic mass is 9.85. The fourth-order valence-corrected chi connectivity index (χ4v) is 3.93. The van der Waals surface area contributed by atoms with E-state index < -0.39 is 10.0 Å². The van der Waals surface area contributed by atoms with Crippen LogP contribution in [0.15, 0.2) is 17.0 Å². The highest BCUT2D eigenvalue weighted by Crippen LogP contribution is 2.28. The summed E-state index contributed by atoms with van der Waals surface area (Å²) < 4.78 is 32.7. The number of rotatable bonds is 8. The van der Waals surface area contributed by atoms with Crippen LogP contribution in [0.5, 0.6) is 0 Å². The molecular weight excluding hydrogens is 312 g/mol. The minimum atomic E-state index is -3.50. The first-order chi connectivity index (χ1) is 10.6. The Labute approximate surface area is 140 Å². The molecule has 0 aliphatic heterocycles. The molecule has 23 heavy (non-hydrogen) atoms. The van der Waals surface area contributed by atoms with Crippen LogP contribution in [-0.4, -0.2) is 41.8 Å². The fraction of sp³-hybridized carbons (Fsp3) is 0.647.